The number of hydrogen-bond donors (Lipinski definition) is 2. The van der Waals surface area contributed by atoms with Gasteiger partial charge in [0.25, 0.3) is 0 Å². The van der Waals surface area contributed by atoms with Crippen molar-refractivity contribution in [3.63, 3.8) is 0 Å². The van der Waals surface area contributed by atoms with E-state index in [-0.39, 0.29) is 34.7 Å². The third-order valence-electron chi connectivity index (χ3n) is 14.2. The molecule has 8 atom stereocenters. The first-order chi connectivity index (χ1) is 22.5. The van der Waals surface area contributed by atoms with E-state index in [9.17, 15) is 19.5 Å². The number of carbonyl (C=O) groups excluding carboxylic acids is 2. The van der Waals surface area contributed by atoms with E-state index in [1.165, 1.54) is 30.4 Å². The number of fused-ring (bicyclic) bond motifs is 7. The lowest BCUT2D eigenvalue weighted by Crippen LogP contribution is -2.60. The van der Waals surface area contributed by atoms with Gasteiger partial charge in [-0.2, -0.15) is 0 Å². The summed E-state index contributed by atoms with van der Waals surface area (Å²) in [6.45, 7) is 16.4. The Hall–Kier alpha value is -2.18. The Morgan fingerprint density at radius 3 is 2.38 bits per heavy atom. The molecule has 0 radical (unpaired) electrons. The van der Waals surface area contributed by atoms with Crippen molar-refractivity contribution in [3.05, 3.63) is 46.0 Å². The van der Waals surface area contributed by atoms with Gasteiger partial charge in [0.1, 0.15) is 6.10 Å². The highest BCUT2D eigenvalue weighted by molar-refractivity contribution is 6.30. The van der Waals surface area contributed by atoms with E-state index < -0.39 is 17.4 Å². The van der Waals surface area contributed by atoms with Gasteiger partial charge in [-0.15, -0.1) is 0 Å². The second-order valence-corrected chi connectivity index (χ2v) is 18.5. The van der Waals surface area contributed by atoms with Crippen molar-refractivity contribution in [2.24, 2.45) is 57.2 Å². The van der Waals surface area contributed by atoms with Gasteiger partial charge in [0.05, 0.1) is 11.8 Å². The fraction of sp³-hybridized carbons (Fsp3) is 0.732. The van der Waals surface area contributed by atoms with Gasteiger partial charge in [0.2, 0.25) is 0 Å². The molecule has 6 nitrogen and oxygen atoms in total. The van der Waals surface area contributed by atoms with E-state index in [1.807, 2.05) is 12.1 Å². The number of allylic oxidation sites excluding steroid dienone is 1. The van der Waals surface area contributed by atoms with E-state index in [4.69, 9.17) is 16.3 Å². The molecule has 1 aromatic rings. The Kier molecular flexibility index (Phi) is 9.55. The Labute approximate surface area is 293 Å². The zero-order chi connectivity index (χ0) is 34.8. The number of ether oxygens (including phenoxy) is 1. The van der Waals surface area contributed by atoms with Gasteiger partial charge in [-0.1, -0.05) is 63.9 Å². The molecule has 7 heteroatoms. The number of rotatable bonds is 9. The van der Waals surface area contributed by atoms with Crippen LogP contribution in [0.3, 0.4) is 0 Å². The molecule has 4 saturated carbocycles. The van der Waals surface area contributed by atoms with Crippen molar-refractivity contribution in [3.8, 4) is 0 Å². The second kappa shape index (κ2) is 12.9. The lowest BCUT2D eigenvalue weighted by molar-refractivity contribution is -0.195. The molecule has 48 heavy (non-hydrogen) atoms. The highest BCUT2D eigenvalue weighted by Crippen LogP contribution is 2.69. The molecule has 0 heterocycles. The number of carboxylic acid groups (broad SMARTS) is 1. The lowest BCUT2D eigenvalue weighted by Gasteiger charge is -2.65. The first-order valence-corrected chi connectivity index (χ1v) is 19.0. The molecule has 6 rings (SSSR count). The summed E-state index contributed by atoms with van der Waals surface area (Å²) >= 11 is 6.13. The Balaban J connectivity index is 1.20. The van der Waals surface area contributed by atoms with Crippen LogP contribution in [-0.4, -0.2) is 35.5 Å². The Bertz CT molecular complexity index is 1460. The molecule has 2 N–H and O–H groups in total. The van der Waals surface area contributed by atoms with Crippen molar-refractivity contribution < 1.29 is 24.2 Å². The van der Waals surface area contributed by atoms with Crippen LogP contribution >= 0.6 is 11.6 Å². The molecule has 5 aliphatic carbocycles. The minimum atomic E-state index is -1.14. The number of aliphatic carboxylic acids is 1. The maximum absolute atomic E-state index is 13.8. The van der Waals surface area contributed by atoms with E-state index in [0.29, 0.717) is 41.8 Å². The zero-order valence-electron chi connectivity index (χ0n) is 30.3. The summed E-state index contributed by atoms with van der Waals surface area (Å²) in [4.78, 5) is 38.4. The van der Waals surface area contributed by atoms with Crippen LogP contribution in [0.4, 0.5) is 0 Å². The fourth-order valence-electron chi connectivity index (χ4n) is 11.9. The number of halogens is 1. The van der Waals surface area contributed by atoms with Crippen molar-refractivity contribution in [2.75, 3.05) is 6.54 Å². The van der Waals surface area contributed by atoms with Crippen LogP contribution in [-0.2, 0) is 25.7 Å². The van der Waals surface area contributed by atoms with Crippen LogP contribution in [0.2, 0.25) is 5.02 Å². The van der Waals surface area contributed by atoms with Gasteiger partial charge in [-0.05, 0) is 129 Å². The van der Waals surface area contributed by atoms with Gasteiger partial charge in [0, 0.05) is 35.4 Å². The summed E-state index contributed by atoms with van der Waals surface area (Å²) < 4.78 is 6.12. The van der Waals surface area contributed by atoms with E-state index in [1.54, 1.807) is 13.8 Å². The summed E-state index contributed by atoms with van der Waals surface area (Å²) in [5.41, 5.74) is 2.67. The molecule has 0 amide bonds. The molecule has 5 aliphatic rings. The molecule has 8 unspecified atom stereocenters. The summed E-state index contributed by atoms with van der Waals surface area (Å²) in [5.74, 6) is 2.11. The normalized spacial score (nSPS) is 35.8. The smallest absolute Gasteiger partial charge is 0.309 e. The fourth-order valence-corrected chi connectivity index (χ4v) is 12.1. The standard InChI is InChI=1S/C41H58ClNO5/c1-24(2)35-31(44)20-41(23-43-22-25-8-10-26(42)11-9-25)19-16-27-28-13-15-32-39(5,6)33(48-34(45)21-38(3,4)37(46)47)17-18-40(32,7)30(28)14-12-29(27)36(35)41/h8-11,24,27-30,32-33,43H,12-23H2,1-7H3,(H,46,47). The number of nitrogens with one attached hydrogen (secondary N) is 1. The molecule has 1 aromatic carbocycles. The molecule has 0 aromatic heterocycles. The summed E-state index contributed by atoms with van der Waals surface area (Å²) in [5, 5.41) is 14.1. The van der Waals surface area contributed by atoms with Crippen molar-refractivity contribution in [2.45, 2.75) is 125 Å². The molecule has 0 bridgehead atoms. The average molecular weight is 680 g/mol. The average Bonchev–Trinajstić information content (AvgIpc) is 3.31. The lowest BCUT2D eigenvalue weighted by atomic mass is 9.40. The van der Waals surface area contributed by atoms with Crippen molar-refractivity contribution in [1.82, 2.24) is 5.32 Å². The predicted molar refractivity (Wildman–Crippen MR) is 189 cm³/mol. The largest absolute Gasteiger partial charge is 0.481 e. The monoisotopic (exact) mass is 679 g/mol. The Morgan fingerprint density at radius 1 is 1.00 bits per heavy atom. The van der Waals surface area contributed by atoms with Crippen LogP contribution in [0.5, 0.6) is 0 Å². The van der Waals surface area contributed by atoms with E-state index in [2.05, 4.69) is 52.1 Å². The van der Waals surface area contributed by atoms with Gasteiger partial charge in [0.15, 0.2) is 5.78 Å². The topological polar surface area (TPSA) is 92.7 Å². The van der Waals surface area contributed by atoms with Gasteiger partial charge in [-0.3, -0.25) is 14.4 Å². The zero-order valence-corrected chi connectivity index (χ0v) is 31.1. The van der Waals surface area contributed by atoms with Gasteiger partial charge >= 0.3 is 11.9 Å². The molecule has 0 spiro atoms. The van der Waals surface area contributed by atoms with Crippen molar-refractivity contribution in [1.29, 1.82) is 0 Å². The number of esters is 1. The van der Waals surface area contributed by atoms with Crippen LogP contribution in [0.1, 0.15) is 118 Å². The van der Waals surface area contributed by atoms with Crippen molar-refractivity contribution >= 4 is 29.3 Å². The van der Waals surface area contributed by atoms with Crippen LogP contribution < -0.4 is 5.32 Å². The molecule has 0 saturated heterocycles. The maximum Gasteiger partial charge on any atom is 0.309 e. The van der Waals surface area contributed by atoms with E-state index >= 15 is 0 Å². The molecule has 0 aliphatic heterocycles. The highest BCUT2D eigenvalue weighted by atomic mass is 35.5. The third-order valence-corrected chi connectivity index (χ3v) is 14.4. The number of Topliss-reactive ketones (excluding diaryl/α,β-unsaturated/α-hetero) is 1. The number of hydrogen-bond acceptors (Lipinski definition) is 5. The number of carboxylic acids is 1. The van der Waals surface area contributed by atoms with Crippen LogP contribution in [0, 0.1) is 57.2 Å². The molecular weight excluding hydrogens is 622 g/mol. The number of ketones is 1. The third kappa shape index (κ3) is 6.09. The number of benzene rings is 1. The quantitative estimate of drug-likeness (QED) is 0.253. The summed E-state index contributed by atoms with van der Waals surface area (Å²) in [7, 11) is 0. The second-order valence-electron chi connectivity index (χ2n) is 18.1. The molecular formula is C41H58ClNO5. The summed E-state index contributed by atoms with van der Waals surface area (Å²) in [6, 6.07) is 8.05. The van der Waals surface area contributed by atoms with Crippen LogP contribution in [0.25, 0.3) is 0 Å². The minimum absolute atomic E-state index is 0.0721. The molecule has 4 fully saturated rings. The van der Waals surface area contributed by atoms with Gasteiger partial charge < -0.3 is 15.2 Å². The Morgan fingerprint density at radius 2 is 1.71 bits per heavy atom. The van der Waals surface area contributed by atoms with Crippen LogP contribution in [0.15, 0.2) is 35.4 Å². The minimum Gasteiger partial charge on any atom is -0.481 e. The number of carbonyl (C=O) groups is 3. The predicted octanol–water partition coefficient (Wildman–Crippen LogP) is 9.04. The molecule has 264 valence electrons. The summed E-state index contributed by atoms with van der Waals surface area (Å²) in [6.07, 6.45) is 9.18. The first-order valence-electron chi connectivity index (χ1n) is 18.7. The SMILES string of the molecule is CC(C)C1=C2C3CCC4C(CCC5C(C)(C)C(OC(=O)CC(C)(C)C(=O)O)CCC45C)C3CCC2(CNCc2ccc(Cl)cc2)CC1=O. The first kappa shape index (κ1) is 35.6. The van der Waals surface area contributed by atoms with Gasteiger partial charge in [-0.25, -0.2) is 0 Å². The maximum atomic E-state index is 13.8. The van der Waals surface area contributed by atoms with E-state index in [0.717, 1.165) is 55.8 Å². The highest BCUT2D eigenvalue weighted by Gasteiger charge is 2.63.